The van der Waals surface area contributed by atoms with Crippen LogP contribution in [0.2, 0.25) is 0 Å². The fourth-order valence-corrected chi connectivity index (χ4v) is 2.68. The van der Waals surface area contributed by atoms with Crippen LogP contribution < -0.4 is 5.73 Å². The summed E-state index contributed by atoms with van der Waals surface area (Å²) in [6.07, 6.45) is 3.32. The monoisotopic (exact) mass is 270 g/mol. The summed E-state index contributed by atoms with van der Waals surface area (Å²) in [4.78, 5) is 25.1. The van der Waals surface area contributed by atoms with Gasteiger partial charge in [0.15, 0.2) is 0 Å². The van der Waals surface area contributed by atoms with E-state index in [0.717, 1.165) is 19.3 Å². The third-order valence-corrected chi connectivity index (χ3v) is 4.24. The number of carboxylic acid groups (broad SMARTS) is 1. The van der Waals surface area contributed by atoms with E-state index in [9.17, 15) is 14.7 Å². The SMILES string of the molecule is CC(C)(CCN)CCC(=O)N1CCCC1(C)C(=O)O. The fourth-order valence-electron chi connectivity index (χ4n) is 2.68. The maximum atomic E-state index is 12.2. The van der Waals surface area contributed by atoms with Crippen molar-refractivity contribution in [2.75, 3.05) is 13.1 Å². The summed E-state index contributed by atoms with van der Waals surface area (Å²) in [5.41, 5.74) is 4.57. The van der Waals surface area contributed by atoms with Crippen molar-refractivity contribution < 1.29 is 14.7 Å². The van der Waals surface area contributed by atoms with Crippen molar-refractivity contribution in [1.29, 1.82) is 0 Å². The molecule has 110 valence electrons. The predicted molar refractivity (Wildman–Crippen MR) is 73.7 cm³/mol. The van der Waals surface area contributed by atoms with Crippen molar-refractivity contribution in [2.45, 2.75) is 58.4 Å². The molecule has 1 fully saturated rings. The Hall–Kier alpha value is -1.10. The molecule has 0 spiro atoms. The molecule has 3 N–H and O–H groups in total. The smallest absolute Gasteiger partial charge is 0.329 e. The van der Waals surface area contributed by atoms with Crippen molar-refractivity contribution in [3.63, 3.8) is 0 Å². The lowest BCUT2D eigenvalue weighted by atomic mass is 9.84. The molecule has 0 bridgehead atoms. The van der Waals surface area contributed by atoms with E-state index in [-0.39, 0.29) is 11.3 Å². The first-order chi connectivity index (χ1) is 8.73. The second-order valence-corrected chi connectivity index (χ2v) is 6.43. The van der Waals surface area contributed by atoms with Gasteiger partial charge in [-0.1, -0.05) is 13.8 Å². The lowest BCUT2D eigenvalue weighted by Crippen LogP contribution is -2.50. The minimum Gasteiger partial charge on any atom is -0.480 e. The van der Waals surface area contributed by atoms with Gasteiger partial charge in [0.1, 0.15) is 5.54 Å². The van der Waals surface area contributed by atoms with Gasteiger partial charge < -0.3 is 15.7 Å². The molecule has 1 aliphatic rings. The molecule has 1 rings (SSSR count). The van der Waals surface area contributed by atoms with Gasteiger partial charge in [-0.05, 0) is 44.6 Å². The molecule has 1 unspecified atom stereocenters. The first-order valence-corrected chi connectivity index (χ1v) is 6.97. The van der Waals surface area contributed by atoms with Gasteiger partial charge in [0.2, 0.25) is 5.91 Å². The van der Waals surface area contributed by atoms with E-state index in [0.29, 0.717) is 25.9 Å². The summed E-state index contributed by atoms with van der Waals surface area (Å²) in [7, 11) is 0. The van der Waals surface area contributed by atoms with E-state index in [2.05, 4.69) is 13.8 Å². The Balaban J connectivity index is 2.61. The van der Waals surface area contributed by atoms with Gasteiger partial charge in [0.05, 0.1) is 0 Å². The maximum Gasteiger partial charge on any atom is 0.329 e. The third-order valence-electron chi connectivity index (χ3n) is 4.24. The molecule has 0 saturated carbocycles. The van der Waals surface area contributed by atoms with E-state index in [4.69, 9.17) is 5.73 Å². The largest absolute Gasteiger partial charge is 0.480 e. The molecule has 1 amide bonds. The zero-order valence-corrected chi connectivity index (χ0v) is 12.2. The molecule has 0 aromatic rings. The zero-order valence-electron chi connectivity index (χ0n) is 12.2. The fraction of sp³-hybridized carbons (Fsp3) is 0.857. The van der Waals surface area contributed by atoms with Crippen molar-refractivity contribution in [2.24, 2.45) is 11.1 Å². The van der Waals surface area contributed by atoms with E-state index in [1.807, 2.05) is 0 Å². The van der Waals surface area contributed by atoms with Crippen LogP contribution in [0.15, 0.2) is 0 Å². The quantitative estimate of drug-likeness (QED) is 0.768. The van der Waals surface area contributed by atoms with Gasteiger partial charge in [0.25, 0.3) is 0 Å². The topological polar surface area (TPSA) is 83.6 Å². The average molecular weight is 270 g/mol. The Morgan fingerprint density at radius 3 is 2.53 bits per heavy atom. The van der Waals surface area contributed by atoms with Gasteiger partial charge in [-0.2, -0.15) is 0 Å². The number of carbonyl (C=O) groups excluding carboxylic acids is 1. The molecule has 5 heteroatoms. The second-order valence-electron chi connectivity index (χ2n) is 6.43. The van der Waals surface area contributed by atoms with Gasteiger partial charge in [-0.3, -0.25) is 4.79 Å². The lowest BCUT2D eigenvalue weighted by Gasteiger charge is -2.32. The van der Waals surface area contributed by atoms with E-state index >= 15 is 0 Å². The first kappa shape index (κ1) is 16.0. The molecule has 0 aromatic heterocycles. The highest BCUT2D eigenvalue weighted by molar-refractivity contribution is 5.87. The highest BCUT2D eigenvalue weighted by atomic mass is 16.4. The zero-order chi connectivity index (χ0) is 14.7. The molecule has 0 aromatic carbocycles. The summed E-state index contributed by atoms with van der Waals surface area (Å²) < 4.78 is 0. The molecule has 0 radical (unpaired) electrons. The molecule has 1 saturated heterocycles. The number of carboxylic acids is 1. The Labute approximate surface area is 115 Å². The van der Waals surface area contributed by atoms with Crippen LogP contribution in [0.4, 0.5) is 0 Å². The Kier molecular flexibility index (Phi) is 4.96. The van der Waals surface area contributed by atoms with Crippen molar-refractivity contribution >= 4 is 11.9 Å². The third kappa shape index (κ3) is 3.69. The number of rotatable bonds is 6. The summed E-state index contributed by atoms with van der Waals surface area (Å²) >= 11 is 0. The number of likely N-dealkylation sites (tertiary alicyclic amines) is 1. The van der Waals surface area contributed by atoms with Crippen LogP contribution in [0.1, 0.15) is 52.9 Å². The van der Waals surface area contributed by atoms with Crippen LogP contribution in [0.3, 0.4) is 0 Å². The first-order valence-electron chi connectivity index (χ1n) is 6.97. The van der Waals surface area contributed by atoms with Crippen molar-refractivity contribution in [3.8, 4) is 0 Å². The molecular weight excluding hydrogens is 244 g/mol. The van der Waals surface area contributed by atoms with Crippen molar-refractivity contribution in [1.82, 2.24) is 4.90 Å². The Morgan fingerprint density at radius 2 is 2.00 bits per heavy atom. The summed E-state index contributed by atoms with van der Waals surface area (Å²) in [5.74, 6) is -0.952. The predicted octanol–water partition coefficient (Wildman–Crippen LogP) is 1.61. The molecule has 0 aliphatic carbocycles. The van der Waals surface area contributed by atoms with Crippen LogP contribution in [-0.4, -0.2) is 40.5 Å². The van der Waals surface area contributed by atoms with E-state index < -0.39 is 11.5 Å². The average Bonchev–Trinajstić information content (AvgIpc) is 2.70. The number of amides is 1. The van der Waals surface area contributed by atoms with Crippen molar-refractivity contribution in [3.05, 3.63) is 0 Å². The molecule has 1 atom stereocenters. The normalized spacial score (nSPS) is 23.7. The minimum atomic E-state index is -1.02. The summed E-state index contributed by atoms with van der Waals surface area (Å²) in [6.45, 7) is 6.99. The molecule has 19 heavy (non-hydrogen) atoms. The number of hydrogen-bond donors (Lipinski definition) is 2. The number of nitrogens with two attached hydrogens (primary N) is 1. The summed E-state index contributed by atoms with van der Waals surface area (Å²) in [5, 5.41) is 9.29. The molecule has 5 nitrogen and oxygen atoms in total. The number of carbonyl (C=O) groups is 2. The van der Waals surface area contributed by atoms with Crippen LogP contribution in [0.5, 0.6) is 0 Å². The maximum absolute atomic E-state index is 12.2. The number of hydrogen-bond acceptors (Lipinski definition) is 3. The van der Waals surface area contributed by atoms with Gasteiger partial charge in [-0.25, -0.2) is 4.79 Å². The summed E-state index contributed by atoms with van der Waals surface area (Å²) in [6, 6.07) is 0. The lowest BCUT2D eigenvalue weighted by molar-refractivity contribution is -0.155. The minimum absolute atomic E-state index is 0.0315. The van der Waals surface area contributed by atoms with Gasteiger partial charge in [0, 0.05) is 13.0 Å². The van der Waals surface area contributed by atoms with Crippen LogP contribution >= 0.6 is 0 Å². The molecular formula is C14H26N2O3. The van der Waals surface area contributed by atoms with Crippen LogP contribution in [0.25, 0.3) is 0 Å². The number of aliphatic carboxylic acids is 1. The number of nitrogens with zero attached hydrogens (tertiary/aromatic N) is 1. The van der Waals surface area contributed by atoms with E-state index in [1.165, 1.54) is 4.90 Å². The van der Waals surface area contributed by atoms with Gasteiger partial charge in [-0.15, -0.1) is 0 Å². The Bertz CT molecular complexity index is 355. The highest BCUT2D eigenvalue weighted by Gasteiger charge is 2.45. The Morgan fingerprint density at radius 1 is 1.37 bits per heavy atom. The van der Waals surface area contributed by atoms with Crippen LogP contribution in [0, 0.1) is 5.41 Å². The second kappa shape index (κ2) is 5.90. The molecule has 1 heterocycles. The highest BCUT2D eigenvalue weighted by Crippen LogP contribution is 2.32. The van der Waals surface area contributed by atoms with Crippen LogP contribution in [-0.2, 0) is 9.59 Å². The van der Waals surface area contributed by atoms with Gasteiger partial charge >= 0.3 is 5.97 Å². The molecule has 1 aliphatic heterocycles. The van der Waals surface area contributed by atoms with E-state index in [1.54, 1.807) is 6.92 Å². The standard InChI is InChI=1S/C14H26N2O3/c1-13(2,8-9-15)7-5-11(17)16-10-4-6-14(16,3)12(18)19/h4-10,15H2,1-3H3,(H,18,19).